The number of aromatic nitrogens is 2. The lowest BCUT2D eigenvalue weighted by Crippen LogP contribution is -2.38. The van der Waals surface area contributed by atoms with E-state index in [4.69, 9.17) is 16.1 Å². The fourth-order valence-corrected chi connectivity index (χ4v) is 5.45. The average molecular weight is 436 g/mol. The van der Waals surface area contributed by atoms with Crippen LogP contribution < -0.4 is 0 Å². The Morgan fingerprint density at radius 3 is 2.62 bits per heavy atom. The molecule has 2 aromatic carbocycles. The van der Waals surface area contributed by atoms with E-state index in [9.17, 15) is 12.8 Å². The van der Waals surface area contributed by atoms with Crippen LogP contribution in [0.4, 0.5) is 4.39 Å². The highest BCUT2D eigenvalue weighted by Crippen LogP contribution is 2.32. The van der Waals surface area contributed by atoms with E-state index in [-0.39, 0.29) is 22.5 Å². The van der Waals surface area contributed by atoms with Gasteiger partial charge >= 0.3 is 0 Å². The van der Waals surface area contributed by atoms with Gasteiger partial charge in [-0.3, -0.25) is 0 Å². The molecule has 1 saturated heterocycles. The largest absolute Gasteiger partial charge is 0.334 e. The minimum Gasteiger partial charge on any atom is -0.334 e. The lowest BCUT2D eigenvalue weighted by molar-refractivity contribution is 0.307. The van der Waals surface area contributed by atoms with Crippen molar-refractivity contribution >= 4 is 21.6 Å². The van der Waals surface area contributed by atoms with E-state index in [2.05, 4.69) is 10.1 Å². The van der Waals surface area contributed by atoms with Crippen LogP contribution in [0.2, 0.25) is 5.02 Å². The van der Waals surface area contributed by atoms with Gasteiger partial charge in [0.2, 0.25) is 10.0 Å². The summed E-state index contributed by atoms with van der Waals surface area (Å²) in [4.78, 5) is 4.62. The molecule has 0 saturated carbocycles. The van der Waals surface area contributed by atoms with Crippen molar-refractivity contribution < 1.29 is 17.3 Å². The summed E-state index contributed by atoms with van der Waals surface area (Å²) in [5, 5.41) is 4.45. The van der Waals surface area contributed by atoms with Crippen LogP contribution in [0.3, 0.4) is 0 Å². The number of piperidine rings is 1. The molecule has 1 aliphatic rings. The monoisotopic (exact) mass is 435 g/mol. The van der Waals surface area contributed by atoms with Gasteiger partial charge in [0, 0.05) is 29.6 Å². The molecule has 1 fully saturated rings. The Bertz CT molecular complexity index is 1140. The molecule has 29 heavy (non-hydrogen) atoms. The molecule has 1 aliphatic heterocycles. The summed E-state index contributed by atoms with van der Waals surface area (Å²) in [6.07, 6.45) is 1.14. The summed E-state index contributed by atoms with van der Waals surface area (Å²) in [7, 11) is -3.62. The maximum Gasteiger partial charge on any atom is 0.258 e. The Morgan fingerprint density at radius 2 is 1.90 bits per heavy atom. The molecule has 0 amide bonds. The van der Waals surface area contributed by atoms with Gasteiger partial charge in [0.05, 0.1) is 4.90 Å². The van der Waals surface area contributed by atoms with Crippen molar-refractivity contribution in [1.82, 2.24) is 14.4 Å². The third-order valence-electron chi connectivity index (χ3n) is 5.17. The van der Waals surface area contributed by atoms with Crippen LogP contribution in [0.15, 0.2) is 51.9 Å². The second-order valence-corrected chi connectivity index (χ2v) is 9.32. The summed E-state index contributed by atoms with van der Waals surface area (Å²) < 4.78 is 46.2. The average Bonchev–Trinajstić information content (AvgIpc) is 3.20. The van der Waals surface area contributed by atoms with E-state index in [0.717, 1.165) is 0 Å². The van der Waals surface area contributed by atoms with Gasteiger partial charge in [0.15, 0.2) is 5.82 Å². The van der Waals surface area contributed by atoms with Gasteiger partial charge in [-0.15, -0.1) is 0 Å². The molecule has 0 aliphatic carbocycles. The minimum absolute atomic E-state index is 0.0204. The van der Waals surface area contributed by atoms with Gasteiger partial charge in [0.25, 0.3) is 5.89 Å². The van der Waals surface area contributed by atoms with Crippen molar-refractivity contribution in [3.63, 3.8) is 0 Å². The Balaban J connectivity index is 1.48. The van der Waals surface area contributed by atoms with Crippen molar-refractivity contribution in [1.29, 1.82) is 0 Å². The zero-order valence-corrected chi connectivity index (χ0v) is 17.3. The molecule has 2 heterocycles. The van der Waals surface area contributed by atoms with Crippen molar-refractivity contribution in [3.8, 4) is 11.5 Å². The van der Waals surface area contributed by atoms with E-state index in [1.54, 1.807) is 37.3 Å². The molecule has 0 N–H and O–H groups in total. The van der Waals surface area contributed by atoms with Crippen molar-refractivity contribution in [2.45, 2.75) is 30.6 Å². The van der Waals surface area contributed by atoms with Gasteiger partial charge in [-0.05, 0) is 55.7 Å². The molecule has 0 unspecified atom stereocenters. The molecule has 0 spiro atoms. The van der Waals surface area contributed by atoms with Crippen LogP contribution in [0.1, 0.15) is 30.1 Å². The fourth-order valence-electron chi connectivity index (χ4n) is 3.50. The van der Waals surface area contributed by atoms with E-state index in [1.807, 2.05) is 0 Å². The molecule has 3 aromatic rings. The number of benzene rings is 2. The molecule has 152 valence electrons. The molecule has 1 aromatic heterocycles. The number of hydrogen-bond donors (Lipinski definition) is 0. The first kappa shape index (κ1) is 20.0. The smallest absolute Gasteiger partial charge is 0.258 e. The SMILES string of the molecule is Cc1c(Cl)cccc1S(=O)(=O)N1CCC(c2noc(-c3cccc(F)c3)n2)CC1. The molecular weight excluding hydrogens is 417 g/mol. The number of nitrogens with zero attached hydrogens (tertiary/aromatic N) is 3. The maximum atomic E-state index is 13.4. The molecule has 0 bridgehead atoms. The van der Waals surface area contributed by atoms with Crippen LogP contribution in [0.25, 0.3) is 11.5 Å². The Hall–Kier alpha value is -2.29. The predicted octanol–water partition coefficient (Wildman–Crippen LogP) is 4.41. The predicted molar refractivity (Wildman–Crippen MR) is 107 cm³/mol. The summed E-state index contributed by atoms with van der Waals surface area (Å²) in [6.45, 7) is 2.40. The molecule has 4 rings (SSSR count). The highest BCUT2D eigenvalue weighted by Gasteiger charge is 2.33. The van der Waals surface area contributed by atoms with Crippen LogP contribution in [0.5, 0.6) is 0 Å². The molecule has 9 heteroatoms. The molecular formula is C20H19ClFN3O3S. The van der Waals surface area contributed by atoms with Gasteiger partial charge in [0.1, 0.15) is 5.82 Å². The summed E-state index contributed by atoms with van der Waals surface area (Å²) >= 11 is 6.09. The van der Waals surface area contributed by atoms with Gasteiger partial charge < -0.3 is 4.52 Å². The molecule has 0 atom stereocenters. The first-order valence-electron chi connectivity index (χ1n) is 9.21. The lowest BCUT2D eigenvalue weighted by atomic mass is 9.97. The van der Waals surface area contributed by atoms with Crippen molar-refractivity contribution in [3.05, 3.63) is 64.7 Å². The van der Waals surface area contributed by atoms with Crippen LogP contribution in [-0.4, -0.2) is 36.0 Å². The van der Waals surface area contributed by atoms with E-state index < -0.39 is 10.0 Å². The van der Waals surface area contributed by atoms with Crippen LogP contribution in [0, 0.1) is 12.7 Å². The maximum absolute atomic E-state index is 13.4. The first-order chi connectivity index (χ1) is 13.9. The van der Waals surface area contributed by atoms with Gasteiger partial charge in [-0.1, -0.05) is 28.9 Å². The lowest BCUT2D eigenvalue weighted by Gasteiger charge is -2.30. The highest BCUT2D eigenvalue weighted by molar-refractivity contribution is 7.89. The topological polar surface area (TPSA) is 76.3 Å². The number of halogens is 2. The third-order valence-corrected chi connectivity index (χ3v) is 7.62. The summed E-state index contributed by atoms with van der Waals surface area (Å²) in [6, 6.07) is 10.8. The van der Waals surface area contributed by atoms with E-state index in [1.165, 1.54) is 16.4 Å². The van der Waals surface area contributed by atoms with Crippen molar-refractivity contribution in [2.24, 2.45) is 0 Å². The van der Waals surface area contributed by atoms with Gasteiger partial charge in [-0.25, -0.2) is 12.8 Å². The normalized spacial score (nSPS) is 16.2. The number of hydrogen-bond acceptors (Lipinski definition) is 5. The standard InChI is InChI=1S/C20H19ClFN3O3S/c1-13-17(21)6-3-7-18(13)29(26,27)25-10-8-14(9-11-25)19-23-20(28-24-19)15-4-2-5-16(22)12-15/h2-7,12,14H,8-11H2,1H3. The highest BCUT2D eigenvalue weighted by atomic mass is 35.5. The zero-order chi connectivity index (χ0) is 20.6. The third kappa shape index (κ3) is 3.92. The summed E-state index contributed by atoms with van der Waals surface area (Å²) in [5.74, 6) is 0.370. The Labute approximate surface area is 173 Å². The van der Waals surface area contributed by atoms with Crippen LogP contribution >= 0.6 is 11.6 Å². The quantitative estimate of drug-likeness (QED) is 0.606. The Morgan fingerprint density at radius 1 is 1.17 bits per heavy atom. The fraction of sp³-hybridized carbons (Fsp3) is 0.300. The number of rotatable bonds is 4. The van der Waals surface area contributed by atoms with Crippen molar-refractivity contribution in [2.75, 3.05) is 13.1 Å². The summed E-state index contributed by atoms with van der Waals surface area (Å²) in [5.41, 5.74) is 1.06. The van der Waals surface area contributed by atoms with E-state index in [0.29, 0.717) is 47.9 Å². The van der Waals surface area contributed by atoms with Crippen LogP contribution in [-0.2, 0) is 10.0 Å². The molecule has 6 nitrogen and oxygen atoms in total. The zero-order valence-electron chi connectivity index (χ0n) is 15.7. The minimum atomic E-state index is -3.62. The second-order valence-electron chi connectivity index (χ2n) is 7.01. The Kier molecular flexibility index (Phi) is 5.42. The van der Waals surface area contributed by atoms with E-state index >= 15 is 0 Å². The molecule has 0 radical (unpaired) electrons. The second kappa shape index (κ2) is 7.85. The first-order valence-corrected chi connectivity index (χ1v) is 11.0. The van der Waals surface area contributed by atoms with Gasteiger partial charge in [-0.2, -0.15) is 9.29 Å². The number of sulfonamides is 1.